The minimum Gasteiger partial charge on any atom is -0.493 e. The Balaban J connectivity index is 1.93. The fraction of sp³-hybridized carbons (Fsp3) is 0.208. The number of nitrogens with zero attached hydrogens (tertiary/aromatic N) is 2. The number of allylic oxidation sites excluding steroid dienone is 1. The molecule has 0 N–H and O–H groups in total. The molecule has 33 heavy (non-hydrogen) atoms. The molecule has 0 fully saturated rings. The van der Waals surface area contributed by atoms with Gasteiger partial charge in [0.05, 0.1) is 43.2 Å². The summed E-state index contributed by atoms with van der Waals surface area (Å²) in [4.78, 5) is 31.2. The van der Waals surface area contributed by atoms with Crippen LogP contribution in [0.4, 0.5) is 0 Å². The normalized spacial score (nSPS) is 15.7. The van der Waals surface area contributed by atoms with Crippen LogP contribution in [-0.2, 0) is 9.53 Å². The van der Waals surface area contributed by atoms with E-state index in [2.05, 4.69) is 4.99 Å². The summed E-state index contributed by atoms with van der Waals surface area (Å²) in [6.07, 6.45) is 1.77. The molecule has 0 saturated heterocycles. The minimum absolute atomic E-state index is 0.262. The van der Waals surface area contributed by atoms with Crippen molar-refractivity contribution in [3.63, 3.8) is 0 Å². The molecule has 0 bridgehead atoms. The van der Waals surface area contributed by atoms with Crippen LogP contribution in [0.2, 0.25) is 5.02 Å². The summed E-state index contributed by atoms with van der Waals surface area (Å²) < 4.78 is 17.7. The Labute approximate surface area is 198 Å². The molecule has 1 aromatic heterocycles. The number of aromatic nitrogens is 1. The standard InChI is InChI=1S/C24H21ClN2O5S/c1-13-20(23(29)32-4)21(15-6-8-16(25)9-7-15)27-22(28)19(33-24(27)26-13)12-14-5-10-17(30-2)18(11-14)31-3/h5-12,21H,1-4H3/b19-12+. The van der Waals surface area contributed by atoms with Crippen molar-refractivity contribution in [2.45, 2.75) is 13.0 Å². The zero-order valence-electron chi connectivity index (χ0n) is 18.4. The number of fused-ring (bicyclic) bond motifs is 1. The van der Waals surface area contributed by atoms with Gasteiger partial charge in [-0.25, -0.2) is 9.79 Å². The number of rotatable bonds is 5. The molecule has 4 rings (SSSR count). The molecule has 1 unspecified atom stereocenters. The first kappa shape index (κ1) is 22.8. The summed E-state index contributed by atoms with van der Waals surface area (Å²) in [5.74, 6) is 0.615. The van der Waals surface area contributed by atoms with Gasteiger partial charge in [0, 0.05) is 5.02 Å². The number of carbonyl (C=O) groups excluding carboxylic acids is 1. The molecule has 7 nitrogen and oxygen atoms in total. The van der Waals surface area contributed by atoms with Gasteiger partial charge >= 0.3 is 5.97 Å². The monoisotopic (exact) mass is 484 g/mol. The summed E-state index contributed by atoms with van der Waals surface area (Å²) in [5, 5.41) is 0.555. The summed E-state index contributed by atoms with van der Waals surface area (Å²) in [5.41, 5.74) is 2.05. The Hall–Kier alpha value is -3.36. The van der Waals surface area contributed by atoms with E-state index in [9.17, 15) is 9.59 Å². The van der Waals surface area contributed by atoms with Crippen molar-refractivity contribution in [2.24, 2.45) is 4.99 Å². The van der Waals surface area contributed by atoms with Crippen molar-refractivity contribution >= 4 is 35.0 Å². The van der Waals surface area contributed by atoms with Gasteiger partial charge in [0.15, 0.2) is 16.3 Å². The Bertz CT molecular complexity index is 1440. The van der Waals surface area contributed by atoms with Crippen molar-refractivity contribution < 1.29 is 19.0 Å². The van der Waals surface area contributed by atoms with E-state index in [1.807, 2.05) is 6.07 Å². The van der Waals surface area contributed by atoms with Gasteiger partial charge in [-0.2, -0.15) is 0 Å². The maximum absolute atomic E-state index is 13.5. The van der Waals surface area contributed by atoms with Crippen LogP contribution in [-0.4, -0.2) is 31.9 Å². The van der Waals surface area contributed by atoms with Crippen LogP contribution in [0, 0.1) is 0 Å². The molecule has 1 aliphatic heterocycles. The number of ether oxygens (including phenoxy) is 3. The Morgan fingerprint density at radius 3 is 2.42 bits per heavy atom. The Morgan fingerprint density at radius 2 is 1.79 bits per heavy atom. The quantitative estimate of drug-likeness (QED) is 0.520. The van der Waals surface area contributed by atoms with E-state index < -0.39 is 12.0 Å². The first-order valence-electron chi connectivity index (χ1n) is 9.96. The molecule has 0 spiro atoms. The summed E-state index contributed by atoms with van der Waals surface area (Å²) in [6.45, 7) is 1.74. The highest BCUT2D eigenvalue weighted by molar-refractivity contribution is 7.07. The number of benzene rings is 2. The number of carbonyl (C=O) groups is 1. The van der Waals surface area contributed by atoms with Crippen molar-refractivity contribution in [1.29, 1.82) is 0 Å². The molecular weight excluding hydrogens is 464 g/mol. The van der Waals surface area contributed by atoms with E-state index in [0.29, 0.717) is 37.1 Å². The van der Waals surface area contributed by atoms with Crippen LogP contribution >= 0.6 is 22.9 Å². The van der Waals surface area contributed by atoms with Gasteiger partial charge in [-0.3, -0.25) is 9.36 Å². The fourth-order valence-corrected chi connectivity index (χ4v) is 4.92. The molecule has 0 aliphatic carbocycles. The summed E-state index contributed by atoms with van der Waals surface area (Å²) in [6, 6.07) is 11.7. The Kier molecular flexibility index (Phi) is 6.40. The van der Waals surface area contributed by atoms with Crippen LogP contribution in [0.25, 0.3) is 6.08 Å². The van der Waals surface area contributed by atoms with Crippen LogP contribution < -0.4 is 24.4 Å². The number of esters is 1. The highest BCUT2D eigenvalue weighted by Crippen LogP contribution is 2.31. The van der Waals surface area contributed by atoms with Gasteiger partial charge in [-0.15, -0.1) is 0 Å². The number of thiazole rings is 1. The van der Waals surface area contributed by atoms with Crippen LogP contribution in [0.3, 0.4) is 0 Å². The molecule has 2 aromatic carbocycles. The topological polar surface area (TPSA) is 79.1 Å². The second-order valence-electron chi connectivity index (χ2n) is 7.24. The van der Waals surface area contributed by atoms with Gasteiger partial charge in [0.1, 0.15) is 0 Å². The molecule has 0 saturated carbocycles. The van der Waals surface area contributed by atoms with E-state index in [-0.39, 0.29) is 5.56 Å². The predicted octanol–water partition coefficient (Wildman–Crippen LogP) is 3.08. The summed E-state index contributed by atoms with van der Waals surface area (Å²) in [7, 11) is 4.43. The maximum atomic E-state index is 13.5. The van der Waals surface area contributed by atoms with E-state index >= 15 is 0 Å². The molecule has 2 heterocycles. The highest BCUT2D eigenvalue weighted by Gasteiger charge is 2.33. The fourth-order valence-electron chi connectivity index (χ4n) is 3.75. The van der Waals surface area contributed by atoms with Crippen molar-refractivity contribution in [2.75, 3.05) is 21.3 Å². The largest absolute Gasteiger partial charge is 0.493 e. The molecular formula is C24H21ClN2O5S. The molecule has 9 heteroatoms. The van der Waals surface area contributed by atoms with Crippen LogP contribution in [0.1, 0.15) is 24.1 Å². The molecule has 1 atom stereocenters. The van der Waals surface area contributed by atoms with Crippen LogP contribution in [0.15, 0.2) is 63.5 Å². The van der Waals surface area contributed by atoms with Crippen molar-refractivity contribution in [1.82, 2.24) is 4.57 Å². The van der Waals surface area contributed by atoms with Gasteiger partial charge in [-0.05, 0) is 48.4 Å². The second kappa shape index (κ2) is 9.25. The number of methoxy groups -OCH3 is 3. The lowest BCUT2D eigenvalue weighted by atomic mass is 9.96. The third-order valence-electron chi connectivity index (χ3n) is 5.32. The van der Waals surface area contributed by atoms with Crippen molar-refractivity contribution in [3.8, 4) is 11.5 Å². The van der Waals surface area contributed by atoms with Gasteiger partial charge in [-0.1, -0.05) is 41.1 Å². The van der Waals surface area contributed by atoms with Gasteiger partial charge in [0.25, 0.3) is 5.56 Å². The molecule has 0 amide bonds. The summed E-state index contributed by atoms with van der Waals surface area (Å²) >= 11 is 7.32. The zero-order valence-corrected chi connectivity index (χ0v) is 20.0. The van der Waals surface area contributed by atoms with Gasteiger partial charge in [0.2, 0.25) is 0 Å². The first-order valence-corrected chi connectivity index (χ1v) is 11.2. The lowest BCUT2D eigenvalue weighted by molar-refractivity contribution is -0.136. The molecule has 0 radical (unpaired) electrons. The average molecular weight is 485 g/mol. The van der Waals surface area contributed by atoms with E-state index in [1.54, 1.807) is 63.6 Å². The van der Waals surface area contributed by atoms with E-state index in [0.717, 1.165) is 11.1 Å². The average Bonchev–Trinajstić information content (AvgIpc) is 3.12. The second-order valence-corrected chi connectivity index (χ2v) is 8.68. The number of halogens is 1. The lowest BCUT2D eigenvalue weighted by Gasteiger charge is -2.24. The molecule has 3 aromatic rings. The smallest absolute Gasteiger partial charge is 0.338 e. The highest BCUT2D eigenvalue weighted by atomic mass is 35.5. The van der Waals surface area contributed by atoms with Crippen LogP contribution in [0.5, 0.6) is 11.5 Å². The zero-order chi connectivity index (χ0) is 23.7. The Morgan fingerprint density at radius 1 is 1.09 bits per heavy atom. The number of hydrogen-bond acceptors (Lipinski definition) is 7. The third kappa shape index (κ3) is 4.19. The van der Waals surface area contributed by atoms with E-state index in [1.165, 1.54) is 23.0 Å². The lowest BCUT2D eigenvalue weighted by Crippen LogP contribution is -2.39. The van der Waals surface area contributed by atoms with E-state index in [4.69, 9.17) is 25.8 Å². The maximum Gasteiger partial charge on any atom is 0.338 e. The molecule has 1 aliphatic rings. The third-order valence-corrected chi connectivity index (χ3v) is 6.55. The molecule has 170 valence electrons. The number of hydrogen-bond donors (Lipinski definition) is 0. The van der Waals surface area contributed by atoms with Gasteiger partial charge < -0.3 is 14.2 Å². The predicted molar refractivity (Wildman–Crippen MR) is 127 cm³/mol. The SMILES string of the molecule is COC(=O)C1=C(C)N=c2s/c(=C/c3ccc(OC)c(OC)c3)c(=O)n2C1c1ccc(Cl)cc1. The first-order chi connectivity index (χ1) is 15.9. The van der Waals surface area contributed by atoms with Crippen molar-refractivity contribution in [3.05, 3.63) is 89.6 Å². The minimum atomic E-state index is -0.682.